The summed E-state index contributed by atoms with van der Waals surface area (Å²) in [4.78, 5) is 3.43. The van der Waals surface area contributed by atoms with E-state index in [1.165, 1.54) is 17.8 Å². The zero-order valence-corrected chi connectivity index (χ0v) is 13.0. The Morgan fingerprint density at radius 3 is 3.00 bits per heavy atom. The van der Waals surface area contributed by atoms with Crippen LogP contribution in [0, 0.1) is 0 Å². The summed E-state index contributed by atoms with van der Waals surface area (Å²) in [6.45, 7) is 2.68. The summed E-state index contributed by atoms with van der Waals surface area (Å²) in [6.07, 6.45) is 3.95. The van der Waals surface area contributed by atoms with Gasteiger partial charge in [-0.2, -0.15) is 0 Å². The van der Waals surface area contributed by atoms with E-state index in [0.29, 0.717) is 16.8 Å². The second kappa shape index (κ2) is 5.73. The quantitative estimate of drug-likeness (QED) is 0.841. The molecule has 0 bridgehead atoms. The predicted molar refractivity (Wildman–Crippen MR) is 80.4 cm³/mol. The highest BCUT2D eigenvalue weighted by atomic mass is 32.2. The molecule has 0 saturated carbocycles. The molecule has 0 spiro atoms. The predicted octanol–water partition coefficient (Wildman–Crippen LogP) is 0.764. The summed E-state index contributed by atoms with van der Waals surface area (Å²) in [5.74, 6) is 0. The molecular formula is C13H21N3O2S2. The van der Waals surface area contributed by atoms with Crippen LogP contribution in [0.25, 0.3) is 0 Å². The van der Waals surface area contributed by atoms with E-state index in [0.717, 1.165) is 37.2 Å². The van der Waals surface area contributed by atoms with E-state index in [4.69, 9.17) is 5.73 Å². The van der Waals surface area contributed by atoms with Crippen molar-refractivity contribution in [1.82, 2.24) is 9.62 Å². The molecule has 7 heteroatoms. The van der Waals surface area contributed by atoms with E-state index in [-0.39, 0.29) is 6.04 Å². The van der Waals surface area contributed by atoms with Crippen molar-refractivity contribution in [2.45, 2.75) is 42.0 Å². The molecule has 0 aliphatic carbocycles. The number of hydrogen-bond acceptors (Lipinski definition) is 5. The molecule has 2 fully saturated rings. The minimum absolute atomic E-state index is 0.0718. The maximum atomic E-state index is 12.4. The molecule has 0 aromatic carbocycles. The van der Waals surface area contributed by atoms with Gasteiger partial charge in [-0.3, -0.25) is 4.90 Å². The lowest BCUT2D eigenvalue weighted by molar-refractivity contribution is 0.309. The molecule has 2 atom stereocenters. The normalized spacial score (nSPS) is 27.1. The first-order chi connectivity index (χ1) is 9.60. The third kappa shape index (κ3) is 2.78. The molecule has 0 radical (unpaired) electrons. The lowest BCUT2D eigenvalue weighted by Gasteiger charge is -2.20. The molecule has 3 rings (SSSR count). The van der Waals surface area contributed by atoms with E-state index in [1.807, 2.05) is 6.07 Å². The van der Waals surface area contributed by atoms with Crippen LogP contribution in [0.4, 0.5) is 0 Å². The number of thiophene rings is 1. The van der Waals surface area contributed by atoms with E-state index < -0.39 is 10.0 Å². The van der Waals surface area contributed by atoms with Crippen molar-refractivity contribution in [3.63, 3.8) is 0 Å². The first kappa shape index (κ1) is 14.5. The maximum absolute atomic E-state index is 12.4. The molecule has 5 nitrogen and oxygen atoms in total. The van der Waals surface area contributed by atoms with Crippen LogP contribution in [0.3, 0.4) is 0 Å². The first-order valence-corrected chi connectivity index (χ1v) is 9.45. The summed E-state index contributed by atoms with van der Waals surface area (Å²) in [6, 6.07) is 4.03. The van der Waals surface area contributed by atoms with Crippen molar-refractivity contribution in [1.29, 1.82) is 0 Å². The fraction of sp³-hybridized carbons (Fsp3) is 0.692. The van der Waals surface area contributed by atoms with Gasteiger partial charge in [0.2, 0.25) is 10.0 Å². The monoisotopic (exact) mass is 315 g/mol. The molecule has 3 heterocycles. The third-order valence-corrected chi connectivity index (χ3v) is 7.33. The Morgan fingerprint density at radius 1 is 1.35 bits per heavy atom. The molecule has 0 amide bonds. The van der Waals surface area contributed by atoms with Crippen molar-refractivity contribution in [3.05, 3.63) is 17.0 Å². The average molecular weight is 315 g/mol. The summed E-state index contributed by atoms with van der Waals surface area (Å²) < 4.78 is 28.2. The second-order valence-electron chi connectivity index (χ2n) is 5.52. The highest BCUT2D eigenvalue weighted by molar-refractivity contribution is 7.91. The van der Waals surface area contributed by atoms with Gasteiger partial charge in [0.25, 0.3) is 0 Å². The summed E-state index contributed by atoms with van der Waals surface area (Å²) >= 11 is 1.33. The van der Waals surface area contributed by atoms with Crippen LogP contribution >= 0.6 is 11.3 Å². The van der Waals surface area contributed by atoms with Crippen LogP contribution in [0.5, 0.6) is 0 Å². The van der Waals surface area contributed by atoms with Gasteiger partial charge in [0.1, 0.15) is 4.21 Å². The molecule has 20 heavy (non-hydrogen) atoms. The summed E-state index contributed by atoms with van der Waals surface area (Å²) in [7, 11) is -3.38. The number of nitrogens with two attached hydrogens (primary N) is 1. The van der Waals surface area contributed by atoms with Crippen molar-refractivity contribution in [2.24, 2.45) is 5.73 Å². The first-order valence-electron chi connectivity index (χ1n) is 7.15. The van der Waals surface area contributed by atoms with Gasteiger partial charge in [-0.1, -0.05) is 0 Å². The molecule has 1 aromatic heterocycles. The van der Waals surface area contributed by atoms with E-state index >= 15 is 0 Å². The van der Waals surface area contributed by atoms with Crippen LogP contribution < -0.4 is 10.5 Å². The summed E-state index contributed by atoms with van der Waals surface area (Å²) in [5, 5.41) is 0. The number of hydrogen-bond donors (Lipinski definition) is 2. The Bertz CT molecular complexity index is 570. The zero-order chi connectivity index (χ0) is 14.2. The van der Waals surface area contributed by atoms with Gasteiger partial charge in [-0.05, 0) is 50.9 Å². The van der Waals surface area contributed by atoms with Crippen LogP contribution in [0.1, 0.15) is 24.1 Å². The number of rotatable bonds is 5. The Labute approximate surface area is 124 Å². The van der Waals surface area contributed by atoms with Crippen molar-refractivity contribution in [3.8, 4) is 0 Å². The lowest BCUT2D eigenvalue weighted by Crippen LogP contribution is -2.42. The van der Waals surface area contributed by atoms with Gasteiger partial charge >= 0.3 is 0 Å². The Morgan fingerprint density at radius 2 is 2.20 bits per heavy atom. The van der Waals surface area contributed by atoms with E-state index in [9.17, 15) is 8.42 Å². The molecule has 2 aliphatic rings. The molecule has 2 saturated heterocycles. The van der Waals surface area contributed by atoms with E-state index in [1.54, 1.807) is 6.07 Å². The van der Waals surface area contributed by atoms with Crippen molar-refractivity contribution in [2.75, 3.05) is 19.6 Å². The van der Waals surface area contributed by atoms with Gasteiger partial charge < -0.3 is 5.73 Å². The van der Waals surface area contributed by atoms with Gasteiger partial charge in [-0.25, -0.2) is 13.1 Å². The Kier molecular flexibility index (Phi) is 4.14. The van der Waals surface area contributed by atoms with Gasteiger partial charge in [0.15, 0.2) is 0 Å². The van der Waals surface area contributed by atoms with Crippen LogP contribution in [-0.4, -0.2) is 45.0 Å². The highest BCUT2D eigenvalue weighted by Gasteiger charge is 2.39. The number of fused-ring (bicyclic) bond motifs is 1. The number of sulfonamides is 1. The number of nitrogens with one attached hydrogen (secondary N) is 1. The molecular weight excluding hydrogens is 294 g/mol. The van der Waals surface area contributed by atoms with Crippen molar-refractivity contribution >= 4 is 21.4 Å². The minimum Gasteiger partial charge on any atom is -0.330 e. The Balaban J connectivity index is 1.71. The van der Waals surface area contributed by atoms with Crippen LogP contribution in [0.15, 0.2) is 16.3 Å². The average Bonchev–Trinajstić information content (AvgIpc) is 3.07. The fourth-order valence-corrected chi connectivity index (χ4v) is 5.95. The molecule has 1 aromatic rings. The third-order valence-electron chi connectivity index (χ3n) is 4.21. The topological polar surface area (TPSA) is 75.4 Å². The Hall–Kier alpha value is -0.470. The van der Waals surface area contributed by atoms with Gasteiger partial charge in [0.05, 0.1) is 0 Å². The highest BCUT2D eigenvalue weighted by Crippen LogP contribution is 2.30. The fourth-order valence-electron chi connectivity index (χ4n) is 3.26. The number of nitrogens with zero attached hydrogens (tertiary/aromatic N) is 1. The maximum Gasteiger partial charge on any atom is 0.250 e. The standard InChI is InChI=1S/C13H21N3O2S2/c14-7-5-10-3-4-13(19-10)20(17,18)15-11-6-9-16-8-1-2-12(11)16/h3-4,11-12,15H,1-2,5-9,14H2. The van der Waals surface area contributed by atoms with E-state index in [2.05, 4.69) is 9.62 Å². The van der Waals surface area contributed by atoms with Crippen LogP contribution in [-0.2, 0) is 16.4 Å². The van der Waals surface area contributed by atoms with Gasteiger partial charge in [-0.15, -0.1) is 11.3 Å². The molecule has 3 N–H and O–H groups in total. The second-order valence-corrected chi connectivity index (χ2v) is 8.63. The molecule has 2 unspecified atom stereocenters. The summed E-state index contributed by atoms with van der Waals surface area (Å²) in [5.41, 5.74) is 5.51. The molecule has 2 aliphatic heterocycles. The largest absolute Gasteiger partial charge is 0.330 e. The molecule has 112 valence electrons. The zero-order valence-electron chi connectivity index (χ0n) is 11.4. The van der Waals surface area contributed by atoms with Crippen molar-refractivity contribution < 1.29 is 8.42 Å². The lowest BCUT2D eigenvalue weighted by atomic mass is 10.1. The van der Waals surface area contributed by atoms with Gasteiger partial charge in [0, 0.05) is 23.5 Å². The minimum atomic E-state index is -3.38. The smallest absolute Gasteiger partial charge is 0.250 e. The van der Waals surface area contributed by atoms with Crippen LogP contribution in [0.2, 0.25) is 0 Å². The SMILES string of the molecule is NCCc1ccc(S(=O)(=O)NC2CCN3CCCC23)s1.